The predicted octanol–water partition coefficient (Wildman–Crippen LogP) is 3.74. The maximum Gasteiger partial charge on any atom is 0.338 e. The highest BCUT2D eigenvalue weighted by Gasteiger charge is 2.05. The van der Waals surface area contributed by atoms with E-state index in [0.717, 1.165) is 18.8 Å². The number of carbonyl (C=O) groups excluding carboxylic acids is 1. The quantitative estimate of drug-likeness (QED) is 0.319. The van der Waals surface area contributed by atoms with Gasteiger partial charge in [-0.15, -0.1) is 0 Å². The van der Waals surface area contributed by atoms with E-state index in [-0.39, 0.29) is 0 Å². The minimum atomic E-state index is -0.411. The van der Waals surface area contributed by atoms with Gasteiger partial charge >= 0.3 is 5.97 Å². The van der Waals surface area contributed by atoms with Crippen LogP contribution in [0.3, 0.4) is 0 Å². The van der Waals surface area contributed by atoms with Crippen molar-refractivity contribution < 1.29 is 14.3 Å². The summed E-state index contributed by atoms with van der Waals surface area (Å²) < 4.78 is 10.6. The molecular weight excluding hydrogens is 228 g/mol. The van der Waals surface area contributed by atoms with Gasteiger partial charge in [-0.05, 0) is 37.6 Å². The van der Waals surface area contributed by atoms with Crippen molar-refractivity contribution >= 4 is 5.97 Å². The third kappa shape index (κ3) is 5.04. The Balaban J connectivity index is 2.42. The van der Waals surface area contributed by atoms with Gasteiger partial charge in [-0.3, -0.25) is 0 Å². The van der Waals surface area contributed by atoms with Gasteiger partial charge in [-0.25, -0.2) is 4.79 Å². The first-order valence-corrected chi connectivity index (χ1v) is 6.24. The van der Waals surface area contributed by atoms with Crippen molar-refractivity contribution in [1.82, 2.24) is 0 Å². The van der Waals surface area contributed by atoms with Crippen LogP contribution >= 0.6 is 0 Å². The molecule has 18 heavy (non-hydrogen) atoms. The van der Waals surface area contributed by atoms with Crippen LogP contribution in [0.1, 0.15) is 33.1 Å². The van der Waals surface area contributed by atoms with Crippen molar-refractivity contribution in [3.05, 3.63) is 36.4 Å². The summed E-state index contributed by atoms with van der Waals surface area (Å²) in [4.78, 5) is 11.3. The third-order valence-corrected chi connectivity index (χ3v) is 2.40. The Hall–Kier alpha value is -1.77. The van der Waals surface area contributed by atoms with Crippen LogP contribution in [0.4, 0.5) is 0 Å². The zero-order valence-corrected chi connectivity index (χ0v) is 11.1. The fraction of sp³-hybridized carbons (Fsp3) is 0.400. The first kappa shape index (κ1) is 14.3. The molecule has 0 atom stereocenters. The monoisotopic (exact) mass is 248 g/mol. The molecule has 0 spiro atoms. The summed E-state index contributed by atoms with van der Waals surface area (Å²) in [7, 11) is 0. The number of rotatable bonds is 7. The summed E-state index contributed by atoms with van der Waals surface area (Å²) in [6, 6.07) is 7.03. The predicted molar refractivity (Wildman–Crippen MR) is 71.9 cm³/mol. The molecule has 0 saturated carbocycles. The van der Waals surface area contributed by atoms with E-state index >= 15 is 0 Å². The Morgan fingerprint density at radius 3 is 2.33 bits per heavy atom. The SMILES string of the molecule is C=C(C)C(=O)Oc1ccc(OCCCCC)cc1. The topological polar surface area (TPSA) is 35.5 Å². The van der Waals surface area contributed by atoms with Crippen molar-refractivity contribution in [1.29, 1.82) is 0 Å². The van der Waals surface area contributed by atoms with E-state index in [0.29, 0.717) is 11.3 Å². The molecule has 0 N–H and O–H groups in total. The number of ether oxygens (including phenoxy) is 2. The van der Waals surface area contributed by atoms with Crippen LogP contribution in [-0.2, 0) is 4.79 Å². The van der Waals surface area contributed by atoms with E-state index in [1.54, 1.807) is 31.2 Å². The van der Waals surface area contributed by atoms with Gasteiger partial charge in [-0.1, -0.05) is 26.3 Å². The number of esters is 1. The van der Waals surface area contributed by atoms with Gasteiger partial charge in [0.15, 0.2) is 0 Å². The molecule has 0 aliphatic rings. The third-order valence-electron chi connectivity index (χ3n) is 2.40. The van der Waals surface area contributed by atoms with Crippen molar-refractivity contribution in [2.75, 3.05) is 6.61 Å². The Bertz CT molecular complexity index is 393. The highest BCUT2D eigenvalue weighted by molar-refractivity contribution is 5.88. The van der Waals surface area contributed by atoms with Gasteiger partial charge < -0.3 is 9.47 Å². The molecule has 1 aromatic carbocycles. The van der Waals surface area contributed by atoms with Crippen molar-refractivity contribution in [2.45, 2.75) is 33.1 Å². The van der Waals surface area contributed by atoms with E-state index in [4.69, 9.17) is 9.47 Å². The van der Waals surface area contributed by atoms with Crippen LogP contribution in [0.2, 0.25) is 0 Å². The maximum absolute atomic E-state index is 11.3. The summed E-state index contributed by atoms with van der Waals surface area (Å²) in [6.07, 6.45) is 3.41. The second kappa shape index (κ2) is 7.54. The van der Waals surface area contributed by atoms with Gasteiger partial charge in [0.05, 0.1) is 6.61 Å². The van der Waals surface area contributed by atoms with Crippen molar-refractivity contribution in [3.8, 4) is 11.5 Å². The zero-order chi connectivity index (χ0) is 13.4. The first-order chi connectivity index (χ1) is 8.63. The average molecular weight is 248 g/mol. The minimum absolute atomic E-state index is 0.384. The van der Waals surface area contributed by atoms with Gasteiger partial charge in [0.25, 0.3) is 0 Å². The van der Waals surface area contributed by atoms with Crippen LogP contribution in [-0.4, -0.2) is 12.6 Å². The molecule has 0 bridgehead atoms. The summed E-state index contributed by atoms with van der Waals surface area (Å²) in [5, 5.41) is 0. The van der Waals surface area contributed by atoms with Crippen LogP contribution in [0.5, 0.6) is 11.5 Å². The lowest BCUT2D eigenvalue weighted by molar-refractivity contribution is -0.130. The molecule has 0 radical (unpaired) electrons. The van der Waals surface area contributed by atoms with Gasteiger partial charge in [0, 0.05) is 5.57 Å². The second-order valence-electron chi connectivity index (χ2n) is 4.20. The molecule has 0 aromatic heterocycles. The molecule has 1 rings (SSSR count). The van der Waals surface area contributed by atoms with Crippen LogP contribution in [0, 0.1) is 0 Å². The van der Waals surface area contributed by atoms with Gasteiger partial charge in [0.1, 0.15) is 11.5 Å². The molecule has 0 heterocycles. The van der Waals surface area contributed by atoms with Crippen molar-refractivity contribution in [3.63, 3.8) is 0 Å². The lowest BCUT2D eigenvalue weighted by Gasteiger charge is -2.07. The molecule has 98 valence electrons. The van der Waals surface area contributed by atoms with E-state index in [1.807, 2.05) is 0 Å². The normalized spacial score (nSPS) is 9.89. The highest BCUT2D eigenvalue weighted by Crippen LogP contribution is 2.18. The Morgan fingerprint density at radius 2 is 1.78 bits per heavy atom. The fourth-order valence-electron chi connectivity index (χ4n) is 1.34. The molecule has 0 unspecified atom stereocenters. The lowest BCUT2D eigenvalue weighted by Crippen LogP contribution is -2.08. The number of hydrogen-bond acceptors (Lipinski definition) is 3. The maximum atomic E-state index is 11.3. The second-order valence-corrected chi connectivity index (χ2v) is 4.20. The highest BCUT2D eigenvalue weighted by atomic mass is 16.5. The lowest BCUT2D eigenvalue weighted by atomic mass is 10.3. The van der Waals surface area contributed by atoms with Crippen LogP contribution in [0.25, 0.3) is 0 Å². The summed E-state index contributed by atoms with van der Waals surface area (Å²) >= 11 is 0. The van der Waals surface area contributed by atoms with E-state index in [2.05, 4.69) is 13.5 Å². The standard InChI is InChI=1S/C15H20O3/c1-4-5-6-11-17-13-7-9-14(10-8-13)18-15(16)12(2)3/h7-10H,2,4-6,11H2,1,3H3. The fourth-order valence-corrected chi connectivity index (χ4v) is 1.34. The number of hydrogen-bond donors (Lipinski definition) is 0. The minimum Gasteiger partial charge on any atom is -0.494 e. The molecule has 0 fully saturated rings. The molecular formula is C15H20O3. The molecule has 3 heteroatoms. The molecule has 3 nitrogen and oxygen atoms in total. The number of benzene rings is 1. The van der Waals surface area contributed by atoms with Gasteiger partial charge in [-0.2, -0.15) is 0 Å². The molecule has 0 amide bonds. The largest absolute Gasteiger partial charge is 0.494 e. The summed E-state index contributed by atoms with van der Waals surface area (Å²) in [6.45, 7) is 8.02. The summed E-state index contributed by atoms with van der Waals surface area (Å²) in [5.74, 6) is 0.886. The van der Waals surface area contributed by atoms with E-state index in [9.17, 15) is 4.79 Å². The Kier molecular flexibility index (Phi) is 5.98. The van der Waals surface area contributed by atoms with Crippen LogP contribution in [0.15, 0.2) is 36.4 Å². The zero-order valence-electron chi connectivity index (χ0n) is 11.1. The number of unbranched alkanes of at least 4 members (excludes halogenated alkanes) is 2. The van der Waals surface area contributed by atoms with Gasteiger partial charge in [0.2, 0.25) is 0 Å². The van der Waals surface area contributed by atoms with E-state index in [1.165, 1.54) is 12.8 Å². The number of carbonyl (C=O) groups is 1. The van der Waals surface area contributed by atoms with Crippen LogP contribution < -0.4 is 9.47 Å². The molecule has 0 aliphatic carbocycles. The Labute approximate surface area is 108 Å². The molecule has 1 aromatic rings. The van der Waals surface area contributed by atoms with E-state index < -0.39 is 5.97 Å². The average Bonchev–Trinajstić information content (AvgIpc) is 2.36. The summed E-state index contributed by atoms with van der Waals surface area (Å²) in [5.41, 5.74) is 0.384. The van der Waals surface area contributed by atoms with Crippen molar-refractivity contribution in [2.24, 2.45) is 0 Å². The first-order valence-electron chi connectivity index (χ1n) is 6.24. The Morgan fingerprint density at radius 1 is 1.17 bits per heavy atom. The smallest absolute Gasteiger partial charge is 0.338 e. The molecule has 0 aliphatic heterocycles. The molecule has 0 saturated heterocycles.